The lowest BCUT2D eigenvalue weighted by Crippen LogP contribution is -2.37. The van der Waals surface area contributed by atoms with E-state index < -0.39 is 5.97 Å². The highest BCUT2D eigenvalue weighted by molar-refractivity contribution is 5.86. The Balaban J connectivity index is 1.91. The van der Waals surface area contributed by atoms with Crippen molar-refractivity contribution in [1.82, 2.24) is 5.32 Å². The van der Waals surface area contributed by atoms with Crippen molar-refractivity contribution in [3.63, 3.8) is 0 Å². The fraction of sp³-hybridized carbons (Fsp3) is 0.643. The molecule has 4 heteroatoms. The minimum atomic E-state index is -0.428. The van der Waals surface area contributed by atoms with E-state index >= 15 is 0 Å². The van der Waals surface area contributed by atoms with E-state index in [9.17, 15) is 4.79 Å². The zero-order valence-electron chi connectivity index (χ0n) is 11.3. The smallest absolute Gasteiger partial charge is 0.373 e. The third-order valence-electron chi connectivity index (χ3n) is 3.83. The lowest BCUT2D eigenvalue weighted by molar-refractivity contribution is 0.0562. The van der Waals surface area contributed by atoms with Gasteiger partial charge in [-0.1, -0.05) is 20.3 Å². The van der Waals surface area contributed by atoms with Crippen molar-refractivity contribution in [3.8, 4) is 0 Å². The molecule has 2 rings (SSSR count). The molecule has 1 aliphatic rings. The van der Waals surface area contributed by atoms with Crippen LogP contribution in [0, 0.1) is 5.41 Å². The molecular formula is C14H21NO3. The number of esters is 1. The molecule has 0 amide bonds. The molecule has 18 heavy (non-hydrogen) atoms. The van der Waals surface area contributed by atoms with Gasteiger partial charge in [-0.15, -0.1) is 0 Å². The van der Waals surface area contributed by atoms with Crippen LogP contribution in [0.15, 0.2) is 16.5 Å². The van der Waals surface area contributed by atoms with Crippen LogP contribution in [-0.4, -0.2) is 19.1 Å². The molecule has 1 unspecified atom stereocenters. The van der Waals surface area contributed by atoms with E-state index in [1.54, 1.807) is 6.07 Å². The minimum Gasteiger partial charge on any atom is -0.463 e. The van der Waals surface area contributed by atoms with Gasteiger partial charge in [0.15, 0.2) is 0 Å². The molecule has 1 aromatic rings. The van der Waals surface area contributed by atoms with Crippen LogP contribution in [0.5, 0.6) is 0 Å². The Morgan fingerprint density at radius 3 is 2.94 bits per heavy atom. The van der Waals surface area contributed by atoms with E-state index in [2.05, 4.69) is 23.9 Å². The van der Waals surface area contributed by atoms with Crippen LogP contribution in [0.25, 0.3) is 0 Å². The second-order valence-corrected chi connectivity index (χ2v) is 5.57. The Kier molecular flexibility index (Phi) is 3.76. The van der Waals surface area contributed by atoms with Crippen LogP contribution < -0.4 is 5.32 Å². The summed E-state index contributed by atoms with van der Waals surface area (Å²) in [6.07, 6.45) is 3.74. The fourth-order valence-corrected chi connectivity index (χ4v) is 2.61. The zero-order chi connectivity index (χ0) is 13.2. The molecule has 1 N–H and O–H groups in total. The summed E-state index contributed by atoms with van der Waals surface area (Å²) in [6, 6.07) is 3.99. The van der Waals surface area contributed by atoms with Gasteiger partial charge in [0.05, 0.1) is 13.7 Å². The van der Waals surface area contributed by atoms with Crippen molar-refractivity contribution in [2.75, 3.05) is 7.11 Å². The first-order valence-corrected chi connectivity index (χ1v) is 6.43. The van der Waals surface area contributed by atoms with Crippen molar-refractivity contribution in [2.45, 2.75) is 45.7 Å². The molecule has 1 atom stereocenters. The van der Waals surface area contributed by atoms with Gasteiger partial charge in [-0.25, -0.2) is 4.79 Å². The van der Waals surface area contributed by atoms with Gasteiger partial charge >= 0.3 is 5.97 Å². The number of ether oxygens (including phenoxy) is 1. The van der Waals surface area contributed by atoms with Gasteiger partial charge < -0.3 is 14.5 Å². The first kappa shape index (κ1) is 13.1. The van der Waals surface area contributed by atoms with Gasteiger partial charge in [0, 0.05) is 6.04 Å². The fourth-order valence-electron chi connectivity index (χ4n) is 2.61. The molecule has 0 aliphatic heterocycles. The van der Waals surface area contributed by atoms with Gasteiger partial charge in [-0.05, 0) is 30.4 Å². The third kappa shape index (κ3) is 2.75. The van der Waals surface area contributed by atoms with Gasteiger partial charge in [-0.3, -0.25) is 0 Å². The Labute approximate surface area is 108 Å². The molecule has 4 nitrogen and oxygen atoms in total. The first-order valence-electron chi connectivity index (χ1n) is 6.43. The summed E-state index contributed by atoms with van der Waals surface area (Å²) in [5.41, 5.74) is 0.345. The molecular weight excluding hydrogens is 230 g/mol. The summed E-state index contributed by atoms with van der Waals surface area (Å²) in [7, 11) is 1.35. The van der Waals surface area contributed by atoms with Gasteiger partial charge in [0.25, 0.3) is 0 Å². The molecule has 0 spiro atoms. The molecule has 1 saturated carbocycles. The number of hydrogen-bond donors (Lipinski definition) is 1. The van der Waals surface area contributed by atoms with E-state index in [0.717, 1.165) is 5.76 Å². The Morgan fingerprint density at radius 1 is 1.56 bits per heavy atom. The monoisotopic (exact) mass is 251 g/mol. The Morgan fingerprint density at radius 2 is 2.33 bits per heavy atom. The highest BCUT2D eigenvalue weighted by Crippen LogP contribution is 2.37. The number of hydrogen-bond acceptors (Lipinski definition) is 4. The number of methoxy groups -OCH3 is 1. The SMILES string of the molecule is COC(=O)c1ccc(CNC2CCCC2(C)C)o1. The predicted octanol–water partition coefficient (Wildman–Crippen LogP) is 2.73. The summed E-state index contributed by atoms with van der Waals surface area (Å²) < 4.78 is 10.0. The summed E-state index contributed by atoms with van der Waals surface area (Å²) >= 11 is 0. The third-order valence-corrected chi connectivity index (χ3v) is 3.83. The maximum atomic E-state index is 11.3. The average molecular weight is 251 g/mol. The summed E-state index contributed by atoms with van der Waals surface area (Å²) in [6.45, 7) is 5.24. The van der Waals surface area contributed by atoms with Crippen LogP contribution in [0.3, 0.4) is 0 Å². The zero-order valence-corrected chi connectivity index (χ0v) is 11.3. The van der Waals surface area contributed by atoms with Crippen LogP contribution in [-0.2, 0) is 11.3 Å². The number of rotatable bonds is 4. The molecule has 0 aromatic carbocycles. The molecule has 100 valence electrons. The minimum absolute atomic E-state index is 0.264. The molecule has 1 aliphatic carbocycles. The van der Waals surface area contributed by atoms with E-state index in [1.807, 2.05) is 6.07 Å². The molecule has 1 aromatic heterocycles. The quantitative estimate of drug-likeness (QED) is 0.836. The van der Waals surface area contributed by atoms with Gasteiger partial charge in [-0.2, -0.15) is 0 Å². The summed E-state index contributed by atoms with van der Waals surface area (Å²) in [5, 5.41) is 3.51. The van der Waals surface area contributed by atoms with E-state index in [0.29, 0.717) is 18.0 Å². The Bertz CT molecular complexity index is 422. The van der Waals surface area contributed by atoms with E-state index in [-0.39, 0.29) is 5.76 Å². The number of furan rings is 1. The highest BCUT2D eigenvalue weighted by atomic mass is 16.5. The van der Waals surface area contributed by atoms with Gasteiger partial charge in [0.1, 0.15) is 5.76 Å². The molecule has 1 fully saturated rings. The number of carbonyl (C=O) groups is 1. The summed E-state index contributed by atoms with van der Waals surface area (Å²) in [5.74, 6) is 0.612. The van der Waals surface area contributed by atoms with Crippen molar-refractivity contribution in [1.29, 1.82) is 0 Å². The lowest BCUT2D eigenvalue weighted by Gasteiger charge is -2.27. The largest absolute Gasteiger partial charge is 0.463 e. The van der Waals surface area contributed by atoms with E-state index in [1.165, 1.54) is 26.4 Å². The molecule has 1 heterocycles. The second-order valence-electron chi connectivity index (χ2n) is 5.57. The molecule has 0 saturated heterocycles. The highest BCUT2D eigenvalue weighted by Gasteiger charge is 2.33. The van der Waals surface area contributed by atoms with Crippen molar-refractivity contribution in [2.24, 2.45) is 5.41 Å². The van der Waals surface area contributed by atoms with Crippen LogP contribution in [0.1, 0.15) is 49.4 Å². The lowest BCUT2D eigenvalue weighted by atomic mass is 9.87. The van der Waals surface area contributed by atoms with E-state index in [4.69, 9.17) is 4.42 Å². The second kappa shape index (κ2) is 5.14. The topological polar surface area (TPSA) is 51.5 Å². The molecule has 0 bridgehead atoms. The Hall–Kier alpha value is -1.29. The number of carbonyl (C=O) groups excluding carboxylic acids is 1. The maximum absolute atomic E-state index is 11.3. The van der Waals surface area contributed by atoms with Crippen LogP contribution >= 0.6 is 0 Å². The maximum Gasteiger partial charge on any atom is 0.373 e. The standard InChI is InChI=1S/C14H21NO3/c1-14(2)8-4-5-12(14)15-9-10-6-7-11(18-10)13(16)17-3/h6-7,12,15H,4-5,8-9H2,1-3H3. The normalized spacial score (nSPS) is 22.1. The van der Waals surface area contributed by atoms with Crippen molar-refractivity contribution >= 4 is 5.97 Å². The molecule has 0 radical (unpaired) electrons. The predicted molar refractivity (Wildman–Crippen MR) is 68.3 cm³/mol. The van der Waals surface area contributed by atoms with Crippen molar-refractivity contribution < 1.29 is 13.9 Å². The van der Waals surface area contributed by atoms with Crippen molar-refractivity contribution in [3.05, 3.63) is 23.7 Å². The summed E-state index contributed by atoms with van der Waals surface area (Å²) in [4.78, 5) is 11.3. The average Bonchev–Trinajstić information content (AvgIpc) is 2.92. The van der Waals surface area contributed by atoms with Crippen LogP contribution in [0.4, 0.5) is 0 Å². The first-order chi connectivity index (χ1) is 8.53. The van der Waals surface area contributed by atoms with Crippen LogP contribution in [0.2, 0.25) is 0 Å². The number of nitrogens with one attached hydrogen (secondary N) is 1. The van der Waals surface area contributed by atoms with Gasteiger partial charge in [0.2, 0.25) is 5.76 Å².